The molecule has 0 saturated carbocycles. The van der Waals surface area contributed by atoms with Crippen molar-refractivity contribution in [2.24, 2.45) is 0 Å². The number of aliphatic hydroxyl groups excluding tert-OH is 1. The molecular formula is C15H18N2O2. The zero-order chi connectivity index (χ0) is 13.7. The van der Waals surface area contributed by atoms with Gasteiger partial charge in [0.25, 0.3) is 5.91 Å². The molecule has 0 aliphatic carbocycles. The van der Waals surface area contributed by atoms with Gasteiger partial charge in [0.15, 0.2) is 0 Å². The van der Waals surface area contributed by atoms with Gasteiger partial charge in [-0.05, 0) is 31.9 Å². The number of carbonyl (C=O) groups is 1. The summed E-state index contributed by atoms with van der Waals surface area (Å²) >= 11 is 0. The maximum absolute atomic E-state index is 12.1. The van der Waals surface area contributed by atoms with Crippen molar-refractivity contribution in [3.63, 3.8) is 0 Å². The van der Waals surface area contributed by atoms with Crippen molar-refractivity contribution < 1.29 is 9.90 Å². The zero-order valence-electron chi connectivity index (χ0n) is 11.0. The highest BCUT2D eigenvalue weighted by Gasteiger charge is 2.09. The smallest absolute Gasteiger partial charge is 0.252 e. The molecule has 100 valence electrons. The monoisotopic (exact) mass is 258 g/mol. The number of hydrogen-bond acceptors (Lipinski definition) is 3. The lowest BCUT2D eigenvalue weighted by molar-refractivity contribution is 0.0951. The minimum absolute atomic E-state index is 0.0933. The minimum Gasteiger partial charge on any atom is -0.393 e. The molecule has 4 nitrogen and oxygen atoms in total. The Morgan fingerprint density at radius 3 is 2.95 bits per heavy atom. The van der Waals surface area contributed by atoms with Crippen LogP contribution in [0.4, 0.5) is 0 Å². The van der Waals surface area contributed by atoms with Gasteiger partial charge in [-0.25, -0.2) is 0 Å². The molecule has 0 spiro atoms. The minimum atomic E-state index is -0.321. The van der Waals surface area contributed by atoms with Gasteiger partial charge < -0.3 is 10.4 Å². The van der Waals surface area contributed by atoms with Crippen LogP contribution in [0.3, 0.4) is 0 Å². The molecule has 19 heavy (non-hydrogen) atoms. The molecular weight excluding hydrogens is 240 g/mol. The van der Waals surface area contributed by atoms with E-state index >= 15 is 0 Å². The molecule has 1 aromatic heterocycles. The molecule has 0 bridgehead atoms. The Morgan fingerprint density at radius 1 is 1.37 bits per heavy atom. The van der Waals surface area contributed by atoms with Gasteiger partial charge in [0.05, 0.1) is 17.2 Å². The van der Waals surface area contributed by atoms with E-state index in [1.165, 1.54) is 0 Å². The number of amides is 1. The first-order valence-electron chi connectivity index (χ1n) is 6.48. The average molecular weight is 258 g/mol. The van der Waals surface area contributed by atoms with E-state index in [-0.39, 0.29) is 12.0 Å². The Kier molecular flexibility index (Phi) is 4.47. The Bertz CT molecular complexity index is 562. The number of rotatable bonds is 5. The van der Waals surface area contributed by atoms with Crippen molar-refractivity contribution in [1.82, 2.24) is 10.3 Å². The Balaban J connectivity index is 2.05. The van der Waals surface area contributed by atoms with Gasteiger partial charge in [-0.2, -0.15) is 0 Å². The highest BCUT2D eigenvalue weighted by Crippen LogP contribution is 2.15. The van der Waals surface area contributed by atoms with Crippen LogP contribution in [-0.4, -0.2) is 28.6 Å². The zero-order valence-corrected chi connectivity index (χ0v) is 11.0. The number of pyridine rings is 1. The fourth-order valence-electron chi connectivity index (χ4n) is 1.99. The van der Waals surface area contributed by atoms with Gasteiger partial charge in [0, 0.05) is 18.1 Å². The number of aliphatic hydroxyl groups is 1. The van der Waals surface area contributed by atoms with E-state index in [1.54, 1.807) is 19.2 Å². The molecule has 1 aromatic carbocycles. The highest BCUT2D eigenvalue weighted by molar-refractivity contribution is 6.05. The molecule has 2 rings (SSSR count). The van der Waals surface area contributed by atoms with Crippen molar-refractivity contribution >= 4 is 16.8 Å². The molecule has 4 heteroatoms. The lowest BCUT2D eigenvalue weighted by Gasteiger charge is -2.08. The van der Waals surface area contributed by atoms with Crippen LogP contribution >= 0.6 is 0 Å². The van der Waals surface area contributed by atoms with E-state index < -0.39 is 0 Å². The van der Waals surface area contributed by atoms with E-state index in [0.717, 1.165) is 17.3 Å². The van der Waals surface area contributed by atoms with E-state index in [0.29, 0.717) is 18.5 Å². The molecule has 0 saturated heterocycles. The number of aromatic nitrogens is 1. The topological polar surface area (TPSA) is 62.2 Å². The number of nitrogens with one attached hydrogen (secondary N) is 1. The molecule has 2 N–H and O–H groups in total. The number of carbonyl (C=O) groups excluding carboxylic acids is 1. The third-order valence-corrected chi connectivity index (χ3v) is 2.98. The van der Waals surface area contributed by atoms with Crippen molar-refractivity contribution in [3.8, 4) is 0 Å². The summed E-state index contributed by atoms with van der Waals surface area (Å²) in [6.45, 7) is 2.32. The summed E-state index contributed by atoms with van der Waals surface area (Å²) in [7, 11) is 0. The summed E-state index contributed by atoms with van der Waals surface area (Å²) in [5.41, 5.74) is 1.46. The number of hydrogen-bond donors (Lipinski definition) is 2. The van der Waals surface area contributed by atoms with Gasteiger partial charge in [0.2, 0.25) is 0 Å². The van der Waals surface area contributed by atoms with E-state index in [1.807, 2.05) is 24.3 Å². The third kappa shape index (κ3) is 3.51. The summed E-state index contributed by atoms with van der Waals surface area (Å²) in [6.07, 6.45) is 2.79. The largest absolute Gasteiger partial charge is 0.393 e. The Morgan fingerprint density at radius 2 is 2.16 bits per heavy atom. The first kappa shape index (κ1) is 13.5. The Hall–Kier alpha value is -1.94. The number of nitrogens with zero attached hydrogens (tertiary/aromatic N) is 1. The quantitative estimate of drug-likeness (QED) is 0.808. The van der Waals surface area contributed by atoms with Crippen LogP contribution in [-0.2, 0) is 0 Å². The first-order chi connectivity index (χ1) is 9.18. The molecule has 0 aliphatic heterocycles. The highest BCUT2D eigenvalue weighted by atomic mass is 16.3. The van der Waals surface area contributed by atoms with Crippen LogP contribution < -0.4 is 5.32 Å². The maximum Gasteiger partial charge on any atom is 0.252 e. The second kappa shape index (κ2) is 6.29. The second-order valence-corrected chi connectivity index (χ2v) is 4.62. The van der Waals surface area contributed by atoms with Gasteiger partial charge in [-0.15, -0.1) is 0 Å². The van der Waals surface area contributed by atoms with Gasteiger partial charge in [-0.1, -0.05) is 18.2 Å². The third-order valence-electron chi connectivity index (χ3n) is 2.98. The lowest BCUT2D eigenvalue weighted by Crippen LogP contribution is -2.25. The summed E-state index contributed by atoms with van der Waals surface area (Å²) in [5, 5.41) is 12.9. The van der Waals surface area contributed by atoms with Gasteiger partial charge in [-0.3, -0.25) is 9.78 Å². The normalized spacial score (nSPS) is 12.3. The van der Waals surface area contributed by atoms with Crippen LogP contribution in [0.5, 0.6) is 0 Å². The molecule has 2 aromatic rings. The molecule has 0 fully saturated rings. The first-order valence-corrected chi connectivity index (χ1v) is 6.48. The Labute approximate surface area is 112 Å². The van der Waals surface area contributed by atoms with Gasteiger partial charge in [0.1, 0.15) is 0 Å². The van der Waals surface area contributed by atoms with Crippen molar-refractivity contribution in [2.45, 2.75) is 25.9 Å². The summed E-state index contributed by atoms with van der Waals surface area (Å²) in [4.78, 5) is 16.3. The predicted octanol–water partition coefficient (Wildman–Crippen LogP) is 2.13. The lowest BCUT2D eigenvalue weighted by atomic mass is 10.1. The predicted molar refractivity (Wildman–Crippen MR) is 75.0 cm³/mol. The van der Waals surface area contributed by atoms with Crippen molar-refractivity contribution in [2.75, 3.05) is 6.54 Å². The fourth-order valence-corrected chi connectivity index (χ4v) is 1.99. The van der Waals surface area contributed by atoms with E-state index in [4.69, 9.17) is 5.11 Å². The summed E-state index contributed by atoms with van der Waals surface area (Å²) < 4.78 is 0. The number of benzene rings is 1. The molecule has 0 radical (unpaired) electrons. The van der Waals surface area contributed by atoms with Crippen molar-refractivity contribution in [1.29, 1.82) is 0 Å². The molecule has 0 aliphatic rings. The van der Waals surface area contributed by atoms with Crippen LogP contribution in [0.1, 0.15) is 30.1 Å². The standard InChI is InChI=1S/C15H18N2O2/c1-11(18)5-4-9-17-15(19)13-8-10-16-14-7-3-2-6-12(13)14/h2-3,6-8,10-11,18H,4-5,9H2,1H3,(H,17,19). The summed E-state index contributed by atoms with van der Waals surface area (Å²) in [6, 6.07) is 9.31. The SMILES string of the molecule is CC(O)CCCNC(=O)c1ccnc2ccccc12. The fraction of sp³-hybridized carbons (Fsp3) is 0.333. The number of para-hydroxylation sites is 1. The summed E-state index contributed by atoms with van der Waals surface area (Å²) in [5.74, 6) is -0.0933. The molecule has 1 unspecified atom stereocenters. The maximum atomic E-state index is 12.1. The van der Waals surface area contributed by atoms with Crippen molar-refractivity contribution in [3.05, 3.63) is 42.1 Å². The van der Waals surface area contributed by atoms with Crippen LogP contribution in [0.2, 0.25) is 0 Å². The van der Waals surface area contributed by atoms with E-state index in [2.05, 4.69) is 10.3 Å². The molecule has 1 heterocycles. The second-order valence-electron chi connectivity index (χ2n) is 4.62. The number of fused-ring (bicyclic) bond motifs is 1. The average Bonchev–Trinajstić information content (AvgIpc) is 2.42. The van der Waals surface area contributed by atoms with Crippen LogP contribution in [0.25, 0.3) is 10.9 Å². The molecule has 1 amide bonds. The molecule has 1 atom stereocenters. The van der Waals surface area contributed by atoms with E-state index in [9.17, 15) is 4.79 Å². The van der Waals surface area contributed by atoms with Crippen LogP contribution in [0, 0.1) is 0 Å². The van der Waals surface area contributed by atoms with Gasteiger partial charge >= 0.3 is 0 Å². The van der Waals surface area contributed by atoms with Crippen LogP contribution in [0.15, 0.2) is 36.5 Å².